The van der Waals surface area contributed by atoms with Gasteiger partial charge in [-0.15, -0.1) is 5.10 Å². The molecule has 0 aliphatic carbocycles. The Balaban J connectivity index is 1.34. The molecule has 1 fully saturated rings. The minimum atomic E-state index is 0.293. The van der Waals surface area contributed by atoms with Gasteiger partial charge in [-0.1, -0.05) is 23.7 Å². The molecule has 0 radical (unpaired) electrons. The van der Waals surface area contributed by atoms with Crippen molar-refractivity contribution in [1.29, 1.82) is 0 Å². The van der Waals surface area contributed by atoms with E-state index in [1.165, 1.54) is 5.69 Å². The van der Waals surface area contributed by atoms with Gasteiger partial charge in [-0.3, -0.25) is 0 Å². The van der Waals surface area contributed by atoms with Gasteiger partial charge in [0.1, 0.15) is 0 Å². The number of fused-ring (bicyclic) bond motifs is 1. The lowest BCUT2D eigenvalue weighted by atomic mass is 9.97. The first-order valence-corrected chi connectivity index (χ1v) is 10.9. The highest BCUT2D eigenvalue weighted by Crippen LogP contribution is 2.27. The zero-order chi connectivity index (χ0) is 21.2. The van der Waals surface area contributed by atoms with Crippen LogP contribution in [-0.2, 0) is 0 Å². The standard InChI is InChI=1S/C24H24ClN5O/c25-19-3-1-2-18(14-19)23-9-8-22-15-26-24(28-30(22)23)27-20-4-6-21(7-5-20)29-12-10-17(16-31)11-13-29/h1-9,14-15,17,31H,10-13,16H2,(H,27,28). The molecule has 0 saturated carbocycles. The Labute approximate surface area is 186 Å². The number of anilines is 3. The van der Waals surface area contributed by atoms with Crippen LogP contribution in [0, 0.1) is 5.92 Å². The molecule has 158 valence electrons. The van der Waals surface area contributed by atoms with Gasteiger partial charge in [-0.25, -0.2) is 9.50 Å². The van der Waals surface area contributed by atoms with Crippen molar-refractivity contribution < 1.29 is 5.11 Å². The summed E-state index contributed by atoms with van der Waals surface area (Å²) in [5.41, 5.74) is 5.02. The molecule has 0 amide bonds. The Kier molecular flexibility index (Phi) is 5.49. The van der Waals surface area contributed by atoms with E-state index in [4.69, 9.17) is 11.6 Å². The molecular formula is C24H24ClN5O. The maximum Gasteiger partial charge on any atom is 0.245 e. The van der Waals surface area contributed by atoms with Gasteiger partial charge in [0, 0.05) is 41.7 Å². The Morgan fingerprint density at radius 3 is 2.58 bits per heavy atom. The molecular weight excluding hydrogens is 410 g/mol. The van der Waals surface area contributed by atoms with Crippen molar-refractivity contribution in [3.05, 3.63) is 71.9 Å². The van der Waals surface area contributed by atoms with E-state index >= 15 is 0 Å². The first kappa shape index (κ1) is 19.8. The van der Waals surface area contributed by atoms with Crippen LogP contribution in [-0.4, -0.2) is 39.4 Å². The molecule has 2 N–H and O–H groups in total. The lowest BCUT2D eigenvalue weighted by molar-refractivity contribution is 0.203. The van der Waals surface area contributed by atoms with E-state index in [1.54, 1.807) is 0 Å². The fourth-order valence-electron chi connectivity index (χ4n) is 4.08. The molecule has 3 heterocycles. The Bertz CT molecular complexity index is 1180. The molecule has 2 aromatic heterocycles. The van der Waals surface area contributed by atoms with Gasteiger partial charge in [0.15, 0.2) is 0 Å². The molecule has 1 saturated heterocycles. The summed E-state index contributed by atoms with van der Waals surface area (Å²) in [6, 6.07) is 20.1. The molecule has 5 rings (SSSR count). The maximum atomic E-state index is 9.32. The van der Waals surface area contributed by atoms with Crippen LogP contribution in [0.5, 0.6) is 0 Å². The normalized spacial score (nSPS) is 14.8. The van der Waals surface area contributed by atoms with Crippen molar-refractivity contribution in [2.45, 2.75) is 12.8 Å². The summed E-state index contributed by atoms with van der Waals surface area (Å²) in [4.78, 5) is 6.82. The van der Waals surface area contributed by atoms with Gasteiger partial charge in [0.25, 0.3) is 0 Å². The summed E-state index contributed by atoms with van der Waals surface area (Å²) >= 11 is 6.17. The first-order valence-electron chi connectivity index (χ1n) is 10.5. The van der Waals surface area contributed by atoms with Crippen molar-refractivity contribution in [2.24, 2.45) is 5.92 Å². The summed E-state index contributed by atoms with van der Waals surface area (Å²) in [5, 5.41) is 18.0. The summed E-state index contributed by atoms with van der Waals surface area (Å²) < 4.78 is 1.88. The Hall–Kier alpha value is -3.09. The average molecular weight is 434 g/mol. The highest BCUT2D eigenvalue weighted by Gasteiger charge is 2.18. The van der Waals surface area contributed by atoms with Crippen LogP contribution in [0.3, 0.4) is 0 Å². The number of aliphatic hydroxyl groups excluding tert-OH is 1. The zero-order valence-electron chi connectivity index (χ0n) is 17.1. The molecule has 7 heteroatoms. The average Bonchev–Trinajstić information content (AvgIpc) is 3.23. The monoisotopic (exact) mass is 433 g/mol. The Morgan fingerprint density at radius 2 is 1.84 bits per heavy atom. The first-order chi connectivity index (χ1) is 15.2. The highest BCUT2D eigenvalue weighted by atomic mass is 35.5. The van der Waals surface area contributed by atoms with E-state index < -0.39 is 0 Å². The summed E-state index contributed by atoms with van der Waals surface area (Å²) in [6.45, 7) is 2.26. The SMILES string of the molecule is OCC1CCN(c2ccc(Nc3ncc4ccc(-c5cccc(Cl)c5)n4n3)cc2)CC1. The fraction of sp³-hybridized carbons (Fsp3) is 0.250. The number of aliphatic hydroxyl groups is 1. The van der Waals surface area contributed by atoms with Gasteiger partial charge in [0.05, 0.1) is 17.4 Å². The lowest BCUT2D eigenvalue weighted by Crippen LogP contribution is -2.34. The third-order valence-electron chi connectivity index (χ3n) is 5.88. The predicted molar refractivity (Wildman–Crippen MR) is 125 cm³/mol. The van der Waals surface area contributed by atoms with Crippen LogP contribution in [0.1, 0.15) is 12.8 Å². The molecule has 2 aromatic carbocycles. The minimum absolute atomic E-state index is 0.293. The molecule has 0 unspecified atom stereocenters. The third kappa shape index (κ3) is 4.22. The predicted octanol–water partition coefficient (Wildman–Crippen LogP) is 5.00. The van der Waals surface area contributed by atoms with Crippen molar-refractivity contribution in [3.8, 4) is 11.3 Å². The molecule has 0 spiro atoms. The molecule has 6 nitrogen and oxygen atoms in total. The largest absolute Gasteiger partial charge is 0.396 e. The van der Waals surface area contributed by atoms with Gasteiger partial charge in [-0.2, -0.15) is 0 Å². The number of halogens is 1. The van der Waals surface area contributed by atoms with Crippen molar-refractivity contribution in [1.82, 2.24) is 14.6 Å². The number of piperidine rings is 1. The molecule has 1 aliphatic rings. The van der Waals surface area contributed by atoms with E-state index in [0.717, 1.165) is 48.4 Å². The smallest absolute Gasteiger partial charge is 0.245 e. The van der Waals surface area contributed by atoms with Gasteiger partial charge < -0.3 is 15.3 Å². The lowest BCUT2D eigenvalue weighted by Gasteiger charge is -2.32. The molecule has 0 atom stereocenters. The van der Waals surface area contributed by atoms with Crippen molar-refractivity contribution >= 4 is 34.4 Å². The van der Waals surface area contributed by atoms with E-state index in [-0.39, 0.29) is 0 Å². The number of nitrogens with one attached hydrogen (secondary N) is 1. The second kappa shape index (κ2) is 8.57. The summed E-state index contributed by atoms with van der Waals surface area (Å²) in [7, 11) is 0. The molecule has 1 aliphatic heterocycles. The van der Waals surface area contributed by atoms with Gasteiger partial charge in [0.2, 0.25) is 5.95 Å². The number of hydrogen-bond acceptors (Lipinski definition) is 5. The van der Waals surface area contributed by atoms with Crippen molar-refractivity contribution in [2.75, 3.05) is 29.9 Å². The fourth-order valence-corrected chi connectivity index (χ4v) is 4.27. The molecule has 4 aromatic rings. The number of benzene rings is 2. The maximum absolute atomic E-state index is 9.32. The third-order valence-corrected chi connectivity index (χ3v) is 6.12. The second-order valence-electron chi connectivity index (χ2n) is 7.93. The summed E-state index contributed by atoms with van der Waals surface area (Å²) in [6.07, 6.45) is 3.88. The van der Waals surface area contributed by atoms with Crippen LogP contribution in [0.25, 0.3) is 16.8 Å². The van der Waals surface area contributed by atoms with Crippen LogP contribution in [0.4, 0.5) is 17.3 Å². The number of rotatable bonds is 5. The van der Waals surface area contributed by atoms with Crippen LogP contribution < -0.4 is 10.2 Å². The van der Waals surface area contributed by atoms with E-state index in [0.29, 0.717) is 23.5 Å². The van der Waals surface area contributed by atoms with Gasteiger partial charge in [-0.05, 0) is 67.3 Å². The van der Waals surface area contributed by atoms with E-state index in [9.17, 15) is 5.11 Å². The topological polar surface area (TPSA) is 65.7 Å². The van der Waals surface area contributed by atoms with Crippen LogP contribution >= 0.6 is 11.6 Å². The van der Waals surface area contributed by atoms with Crippen LogP contribution in [0.2, 0.25) is 5.02 Å². The number of nitrogens with zero attached hydrogens (tertiary/aromatic N) is 4. The minimum Gasteiger partial charge on any atom is -0.396 e. The van der Waals surface area contributed by atoms with Gasteiger partial charge >= 0.3 is 0 Å². The molecule has 31 heavy (non-hydrogen) atoms. The van der Waals surface area contributed by atoms with E-state index in [1.807, 2.05) is 47.1 Å². The van der Waals surface area contributed by atoms with E-state index in [2.05, 4.69) is 44.6 Å². The van der Waals surface area contributed by atoms with Crippen LogP contribution in [0.15, 0.2) is 66.9 Å². The quantitative estimate of drug-likeness (QED) is 0.463. The van der Waals surface area contributed by atoms with Crippen molar-refractivity contribution in [3.63, 3.8) is 0 Å². The number of hydrogen-bond donors (Lipinski definition) is 2. The second-order valence-corrected chi connectivity index (χ2v) is 8.37. The summed E-state index contributed by atoms with van der Waals surface area (Å²) in [5.74, 6) is 0.971. The number of aromatic nitrogens is 3. The molecule has 0 bridgehead atoms. The Morgan fingerprint density at radius 1 is 1.03 bits per heavy atom. The highest BCUT2D eigenvalue weighted by molar-refractivity contribution is 6.30. The zero-order valence-corrected chi connectivity index (χ0v) is 17.8.